The van der Waals surface area contributed by atoms with E-state index in [2.05, 4.69) is 20.0 Å². The van der Waals surface area contributed by atoms with Crippen LogP contribution in [0.1, 0.15) is 28.8 Å². The highest BCUT2D eigenvalue weighted by Gasteiger charge is 2.31. The van der Waals surface area contributed by atoms with Gasteiger partial charge >= 0.3 is 6.18 Å². The second kappa shape index (κ2) is 7.88. The van der Waals surface area contributed by atoms with Gasteiger partial charge in [0.15, 0.2) is 11.6 Å². The maximum absolute atomic E-state index is 12.7. The number of alkyl halides is 3. The van der Waals surface area contributed by atoms with Crippen molar-refractivity contribution in [3.05, 3.63) is 47.5 Å². The Morgan fingerprint density at radius 2 is 1.28 bits per heavy atom. The lowest BCUT2D eigenvalue weighted by Crippen LogP contribution is -2.49. The summed E-state index contributed by atoms with van der Waals surface area (Å²) in [4.78, 5) is 18.5. The SMILES string of the molecule is O=C(c1ccc(C(F)(F)F)cc1)N1CCN(c2ccc(N3CCCC3)nn2)CC1. The van der Waals surface area contributed by atoms with Gasteiger partial charge in [-0.2, -0.15) is 13.2 Å². The zero-order valence-corrected chi connectivity index (χ0v) is 15.9. The molecule has 2 aliphatic heterocycles. The third-order valence-electron chi connectivity index (χ3n) is 5.42. The van der Waals surface area contributed by atoms with Crippen LogP contribution in [0.2, 0.25) is 0 Å². The molecule has 4 rings (SSSR count). The molecular formula is C20H22F3N5O. The standard InChI is InChI=1S/C20H22F3N5O/c21-20(22,23)16-5-3-15(4-6-16)19(29)28-13-11-27(12-14-28)18-8-7-17(24-25-18)26-9-1-2-10-26/h3-8H,1-2,9-14H2. The van der Waals surface area contributed by atoms with E-state index >= 15 is 0 Å². The maximum atomic E-state index is 12.7. The van der Waals surface area contributed by atoms with Crippen LogP contribution >= 0.6 is 0 Å². The lowest BCUT2D eigenvalue weighted by atomic mass is 10.1. The zero-order valence-electron chi connectivity index (χ0n) is 15.9. The molecule has 0 radical (unpaired) electrons. The van der Waals surface area contributed by atoms with Gasteiger partial charge in [-0.05, 0) is 49.2 Å². The van der Waals surface area contributed by atoms with Crippen molar-refractivity contribution < 1.29 is 18.0 Å². The molecule has 2 fully saturated rings. The highest BCUT2D eigenvalue weighted by atomic mass is 19.4. The summed E-state index contributed by atoms with van der Waals surface area (Å²) in [6, 6.07) is 8.30. The number of hydrogen-bond donors (Lipinski definition) is 0. The van der Waals surface area contributed by atoms with Gasteiger partial charge in [-0.15, -0.1) is 10.2 Å². The Bertz CT molecular complexity index is 840. The summed E-state index contributed by atoms with van der Waals surface area (Å²) in [6.07, 6.45) is -2.05. The van der Waals surface area contributed by atoms with Crippen LogP contribution < -0.4 is 9.80 Å². The molecule has 0 saturated carbocycles. The molecule has 0 atom stereocenters. The van der Waals surface area contributed by atoms with Gasteiger partial charge in [-0.3, -0.25) is 4.79 Å². The molecule has 3 heterocycles. The van der Waals surface area contributed by atoms with Gasteiger partial charge in [-0.1, -0.05) is 0 Å². The summed E-state index contributed by atoms with van der Waals surface area (Å²) >= 11 is 0. The first-order valence-electron chi connectivity index (χ1n) is 9.72. The van der Waals surface area contributed by atoms with Crippen LogP contribution in [-0.4, -0.2) is 60.3 Å². The van der Waals surface area contributed by atoms with Crippen molar-refractivity contribution in [3.8, 4) is 0 Å². The molecule has 0 aliphatic carbocycles. The molecular weight excluding hydrogens is 383 g/mol. The minimum absolute atomic E-state index is 0.256. The summed E-state index contributed by atoms with van der Waals surface area (Å²) < 4.78 is 38.0. The number of halogens is 3. The average molecular weight is 405 g/mol. The second-order valence-electron chi connectivity index (χ2n) is 7.30. The number of hydrogen-bond acceptors (Lipinski definition) is 5. The van der Waals surface area contributed by atoms with Crippen LogP contribution in [0.3, 0.4) is 0 Å². The number of piperazine rings is 1. The van der Waals surface area contributed by atoms with Crippen LogP contribution in [0.4, 0.5) is 24.8 Å². The fraction of sp³-hybridized carbons (Fsp3) is 0.450. The van der Waals surface area contributed by atoms with Gasteiger partial charge in [0.2, 0.25) is 0 Å². The van der Waals surface area contributed by atoms with E-state index in [1.165, 1.54) is 25.0 Å². The number of carbonyl (C=O) groups is 1. The van der Waals surface area contributed by atoms with Crippen molar-refractivity contribution in [3.63, 3.8) is 0 Å². The predicted octanol–water partition coefficient (Wildman–Crippen LogP) is 3.06. The normalized spacial score (nSPS) is 17.7. The Kier molecular flexibility index (Phi) is 5.29. The molecule has 9 heteroatoms. The molecule has 6 nitrogen and oxygen atoms in total. The van der Waals surface area contributed by atoms with E-state index in [0.29, 0.717) is 26.2 Å². The van der Waals surface area contributed by atoms with Crippen molar-refractivity contribution in [1.82, 2.24) is 15.1 Å². The molecule has 2 aromatic rings. The topological polar surface area (TPSA) is 52.6 Å². The first-order valence-corrected chi connectivity index (χ1v) is 9.72. The van der Waals surface area contributed by atoms with E-state index in [-0.39, 0.29) is 11.5 Å². The Morgan fingerprint density at radius 1 is 0.759 bits per heavy atom. The van der Waals surface area contributed by atoms with Crippen LogP contribution in [0, 0.1) is 0 Å². The van der Waals surface area contributed by atoms with Crippen LogP contribution in [0.15, 0.2) is 36.4 Å². The third kappa shape index (κ3) is 4.28. The molecule has 1 amide bonds. The van der Waals surface area contributed by atoms with Crippen molar-refractivity contribution >= 4 is 17.5 Å². The molecule has 1 aromatic carbocycles. The Morgan fingerprint density at radius 3 is 1.76 bits per heavy atom. The highest BCUT2D eigenvalue weighted by Crippen LogP contribution is 2.29. The Hall–Kier alpha value is -2.84. The van der Waals surface area contributed by atoms with Crippen LogP contribution in [-0.2, 0) is 6.18 Å². The Labute approximate surface area is 166 Å². The van der Waals surface area contributed by atoms with E-state index in [9.17, 15) is 18.0 Å². The number of nitrogens with zero attached hydrogens (tertiary/aromatic N) is 5. The van der Waals surface area contributed by atoms with E-state index < -0.39 is 11.7 Å². The summed E-state index contributed by atoms with van der Waals surface area (Å²) in [5.41, 5.74) is -0.490. The smallest absolute Gasteiger partial charge is 0.355 e. The number of aromatic nitrogens is 2. The number of anilines is 2. The second-order valence-corrected chi connectivity index (χ2v) is 7.30. The van der Waals surface area contributed by atoms with Gasteiger partial charge in [-0.25, -0.2) is 0 Å². The van der Waals surface area contributed by atoms with Crippen molar-refractivity contribution in [2.45, 2.75) is 19.0 Å². The van der Waals surface area contributed by atoms with E-state index in [1.807, 2.05) is 12.1 Å². The van der Waals surface area contributed by atoms with Gasteiger partial charge in [0.1, 0.15) is 0 Å². The molecule has 2 saturated heterocycles. The molecule has 0 N–H and O–H groups in total. The molecule has 2 aliphatic rings. The summed E-state index contributed by atoms with van der Waals surface area (Å²) in [5.74, 6) is 1.41. The van der Waals surface area contributed by atoms with E-state index in [0.717, 1.165) is 36.9 Å². The maximum Gasteiger partial charge on any atom is 0.416 e. The molecule has 0 spiro atoms. The minimum Gasteiger partial charge on any atom is -0.355 e. The Balaban J connectivity index is 1.34. The third-order valence-corrected chi connectivity index (χ3v) is 5.42. The van der Waals surface area contributed by atoms with Crippen molar-refractivity contribution in [2.24, 2.45) is 0 Å². The average Bonchev–Trinajstić information content (AvgIpc) is 3.28. The van der Waals surface area contributed by atoms with E-state index in [4.69, 9.17) is 0 Å². The molecule has 29 heavy (non-hydrogen) atoms. The highest BCUT2D eigenvalue weighted by molar-refractivity contribution is 5.94. The largest absolute Gasteiger partial charge is 0.416 e. The number of benzene rings is 1. The predicted molar refractivity (Wildman–Crippen MR) is 103 cm³/mol. The van der Waals surface area contributed by atoms with Crippen LogP contribution in [0.5, 0.6) is 0 Å². The quantitative estimate of drug-likeness (QED) is 0.786. The van der Waals surface area contributed by atoms with Crippen molar-refractivity contribution in [2.75, 3.05) is 49.1 Å². The zero-order chi connectivity index (χ0) is 20.4. The number of carbonyl (C=O) groups excluding carboxylic acids is 1. The molecule has 0 unspecified atom stereocenters. The first-order chi connectivity index (χ1) is 13.9. The van der Waals surface area contributed by atoms with Gasteiger partial charge < -0.3 is 14.7 Å². The van der Waals surface area contributed by atoms with E-state index in [1.54, 1.807) is 4.90 Å². The fourth-order valence-electron chi connectivity index (χ4n) is 3.72. The molecule has 1 aromatic heterocycles. The van der Waals surface area contributed by atoms with Crippen LogP contribution in [0.25, 0.3) is 0 Å². The monoisotopic (exact) mass is 405 g/mol. The van der Waals surface area contributed by atoms with Gasteiger partial charge in [0.05, 0.1) is 5.56 Å². The molecule has 0 bridgehead atoms. The lowest BCUT2D eigenvalue weighted by molar-refractivity contribution is -0.137. The van der Waals surface area contributed by atoms with Gasteiger partial charge in [0, 0.05) is 44.8 Å². The molecule has 154 valence electrons. The fourth-order valence-corrected chi connectivity index (χ4v) is 3.72. The summed E-state index contributed by atoms with van der Waals surface area (Å²) in [6.45, 7) is 4.19. The van der Waals surface area contributed by atoms with Gasteiger partial charge in [0.25, 0.3) is 5.91 Å². The summed E-state index contributed by atoms with van der Waals surface area (Å²) in [7, 11) is 0. The first kappa shape index (κ1) is 19.5. The lowest BCUT2D eigenvalue weighted by Gasteiger charge is -2.35. The summed E-state index contributed by atoms with van der Waals surface area (Å²) in [5, 5.41) is 8.66. The number of rotatable bonds is 3. The number of amides is 1. The van der Waals surface area contributed by atoms with Crippen molar-refractivity contribution in [1.29, 1.82) is 0 Å². The minimum atomic E-state index is -4.40.